The van der Waals surface area contributed by atoms with E-state index in [2.05, 4.69) is 52.1 Å². The van der Waals surface area contributed by atoms with Crippen LogP contribution in [0.15, 0.2) is 30.7 Å². The molecule has 0 bridgehead atoms. The van der Waals surface area contributed by atoms with E-state index in [1.807, 2.05) is 10.9 Å². The normalized spacial score (nSPS) is 20.5. The SMILES string of the molecule is Cc1cc(-c2cnc(N)c(Oc3cnn(C4CC(C#N)C4)c3)n2)cc2c1CN(C)CC2. The third-order valence-electron chi connectivity index (χ3n) is 6.28. The van der Waals surface area contributed by atoms with E-state index in [0.29, 0.717) is 5.75 Å². The maximum Gasteiger partial charge on any atom is 0.263 e. The van der Waals surface area contributed by atoms with Crippen molar-refractivity contribution in [3.05, 3.63) is 47.4 Å². The summed E-state index contributed by atoms with van der Waals surface area (Å²) in [5.41, 5.74) is 11.8. The van der Waals surface area contributed by atoms with Crippen molar-refractivity contribution in [3.63, 3.8) is 0 Å². The first-order valence-electron chi connectivity index (χ1n) is 10.6. The Morgan fingerprint density at radius 2 is 2.10 bits per heavy atom. The highest BCUT2D eigenvalue weighted by molar-refractivity contribution is 5.64. The lowest BCUT2D eigenvalue weighted by Gasteiger charge is -2.30. The van der Waals surface area contributed by atoms with E-state index in [1.165, 1.54) is 16.7 Å². The van der Waals surface area contributed by atoms with Crippen LogP contribution in [0.1, 0.15) is 35.6 Å². The molecular weight excluding hydrogens is 390 g/mol. The van der Waals surface area contributed by atoms with Crippen LogP contribution in [0.5, 0.6) is 11.6 Å². The van der Waals surface area contributed by atoms with Crippen LogP contribution in [0.3, 0.4) is 0 Å². The van der Waals surface area contributed by atoms with Gasteiger partial charge in [-0.1, -0.05) is 0 Å². The van der Waals surface area contributed by atoms with Gasteiger partial charge >= 0.3 is 0 Å². The van der Waals surface area contributed by atoms with Crippen molar-refractivity contribution in [2.45, 2.75) is 38.8 Å². The third-order valence-corrected chi connectivity index (χ3v) is 6.28. The summed E-state index contributed by atoms with van der Waals surface area (Å²) in [4.78, 5) is 11.3. The van der Waals surface area contributed by atoms with Gasteiger partial charge in [0, 0.05) is 18.7 Å². The molecular formula is C23H25N7O. The molecule has 2 aromatic heterocycles. The van der Waals surface area contributed by atoms with Gasteiger partial charge in [-0.25, -0.2) is 9.97 Å². The molecule has 1 aliphatic carbocycles. The highest BCUT2D eigenvalue weighted by atomic mass is 16.5. The highest BCUT2D eigenvalue weighted by Gasteiger charge is 2.31. The number of nitrogen functional groups attached to an aromatic ring is 1. The van der Waals surface area contributed by atoms with Gasteiger partial charge in [-0.15, -0.1) is 0 Å². The predicted octanol–water partition coefficient (Wildman–Crippen LogP) is 3.49. The number of aryl methyl sites for hydroxylation is 1. The first-order valence-corrected chi connectivity index (χ1v) is 10.6. The second-order valence-electron chi connectivity index (χ2n) is 8.57. The molecule has 0 atom stereocenters. The minimum atomic E-state index is 0.122. The summed E-state index contributed by atoms with van der Waals surface area (Å²) in [7, 11) is 2.15. The Hall–Kier alpha value is -3.44. The third kappa shape index (κ3) is 3.73. The van der Waals surface area contributed by atoms with Crippen LogP contribution >= 0.6 is 0 Å². The fourth-order valence-electron chi connectivity index (χ4n) is 4.34. The van der Waals surface area contributed by atoms with E-state index in [1.54, 1.807) is 12.4 Å². The molecule has 2 aliphatic rings. The number of fused-ring (bicyclic) bond motifs is 1. The summed E-state index contributed by atoms with van der Waals surface area (Å²) in [5, 5.41) is 13.3. The van der Waals surface area contributed by atoms with Gasteiger partial charge in [0.05, 0.1) is 42.3 Å². The molecule has 158 valence electrons. The van der Waals surface area contributed by atoms with E-state index >= 15 is 0 Å². The number of benzene rings is 1. The zero-order chi connectivity index (χ0) is 21.5. The van der Waals surface area contributed by atoms with Crippen LogP contribution in [0.2, 0.25) is 0 Å². The van der Waals surface area contributed by atoms with E-state index in [4.69, 9.17) is 15.7 Å². The van der Waals surface area contributed by atoms with E-state index in [-0.39, 0.29) is 23.7 Å². The number of hydrogen-bond acceptors (Lipinski definition) is 7. The van der Waals surface area contributed by atoms with Crippen molar-refractivity contribution >= 4 is 5.82 Å². The largest absolute Gasteiger partial charge is 0.433 e. The Kier molecular flexibility index (Phi) is 4.83. The first kappa shape index (κ1) is 19.5. The Balaban J connectivity index is 1.39. The standard InChI is InChI=1S/C23H25N7O/c1-14-5-17(8-16-3-4-29(2)13-20(14)16)21-11-26-22(25)23(28-21)31-19-10-27-30(12-19)18-6-15(7-18)9-24/h5,8,10-12,15,18H,3-4,6-7,13H2,1-2H3,(H2,25,26). The highest BCUT2D eigenvalue weighted by Crippen LogP contribution is 2.38. The van der Waals surface area contributed by atoms with Crippen LogP contribution in [0.25, 0.3) is 11.3 Å². The van der Waals surface area contributed by atoms with E-state index < -0.39 is 0 Å². The fourth-order valence-corrected chi connectivity index (χ4v) is 4.34. The molecule has 5 rings (SSSR count). The van der Waals surface area contributed by atoms with Crippen LogP contribution in [-0.2, 0) is 13.0 Å². The van der Waals surface area contributed by atoms with E-state index in [9.17, 15) is 0 Å². The average molecular weight is 416 g/mol. The zero-order valence-electron chi connectivity index (χ0n) is 17.7. The molecule has 3 aromatic rings. The van der Waals surface area contributed by atoms with Crippen molar-refractivity contribution in [2.75, 3.05) is 19.3 Å². The Morgan fingerprint density at radius 3 is 2.90 bits per heavy atom. The number of ether oxygens (including phenoxy) is 1. The number of hydrogen-bond donors (Lipinski definition) is 1. The molecule has 1 aromatic carbocycles. The van der Waals surface area contributed by atoms with Gasteiger partial charge in [0.2, 0.25) is 0 Å². The van der Waals surface area contributed by atoms with Gasteiger partial charge in [-0.3, -0.25) is 4.68 Å². The van der Waals surface area contributed by atoms with Crippen molar-refractivity contribution < 1.29 is 4.74 Å². The number of aromatic nitrogens is 4. The van der Waals surface area contributed by atoms with Gasteiger partial charge in [0.1, 0.15) is 0 Å². The number of nitrogens with zero attached hydrogens (tertiary/aromatic N) is 6. The molecule has 0 spiro atoms. The number of likely N-dealkylation sites (N-methyl/N-ethyl adjacent to an activating group) is 1. The zero-order valence-corrected chi connectivity index (χ0v) is 17.7. The van der Waals surface area contributed by atoms with Crippen molar-refractivity contribution in [1.82, 2.24) is 24.6 Å². The van der Waals surface area contributed by atoms with Crippen molar-refractivity contribution in [3.8, 4) is 29.0 Å². The molecule has 8 heteroatoms. The van der Waals surface area contributed by atoms with Gasteiger partial charge in [-0.2, -0.15) is 10.4 Å². The molecule has 8 nitrogen and oxygen atoms in total. The lowest BCUT2D eigenvalue weighted by atomic mass is 9.81. The summed E-state index contributed by atoms with van der Waals surface area (Å²) >= 11 is 0. The molecule has 1 aliphatic heterocycles. The molecule has 1 fully saturated rings. The van der Waals surface area contributed by atoms with Crippen molar-refractivity contribution in [2.24, 2.45) is 5.92 Å². The Labute approximate surface area is 181 Å². The van der Waals surface area contributed by atoms with Crippen molar-refractivity contribution in [1.29, 1.82) is 5.26 Å². The van der Waals surface area contributed by atoms with Gasteiger partial charge < -0.3 is 15.4 Å². The topological polar surface area (TPSA) is 106 Å². The smallest absolute Gasteiger partial charge is 0.263 e. The minimum absolute atomic E-state index is 0.122. The van der Waals surface area contributed by atoms with Crippen LogP contribution < -0.4 is 10.5 Å². The summed E-state index contributed by atoms with van der Waals surface area (Å²) in [6.07, 6.45) is 7.83. The fraction of sp³-hybridized carbons (Fsp3) is 0.391. The monoisotopic (exact) mass is 415 g/mol. The van der Waals surface area contributed by atoms with Gasteiger partial charge in [0.25, 0.3) is 5.88 Å². The molecule has 31 heavy (non-hydrogen) atoms. The molecule has 0 unspecified atom stereocenters. The lowest BCUT2D eigenvalue weighted by Crippen LogP contribution is -2.27. The van der Waals surface area contributed by atoms with Crippen LogP contribution in [-0.4, -0.2) is 38.2 Å². The number of nitriles is 1. The lowest BCUT2D eigenvalue weighted by molar-refractivity contribution is 0.229. The quantitative estimate of drug-likeness (QED) is 0.695. The summed E-state index contributed by atoms with van der Waals surface area (Å²) < 4.78 is 7.77. The molecule has 2 N–H and O–H groups in total. The summed E-state index contributed by atoms with van der Waals surface area (Å²) in [6.45, 7) is 4.18. The average Bonchev–Trinajstić information content (AvgIpc) is 3.17. The molecule has 0 amide bonds. The number of anilines is 1. The molecule has 0 saturated heterocycles. The molecule has 0 radical (unpaired) electrons. The van der Waals surface area contributed by atoms with E-state index in [0.717, 1.165) is 43.6 Å². The summed E-state index contributed by atoms with van der Waals surface area (Å²) in [6, 6.07) is 6.90. The van der Waals surface area contributed by atoms with Gasteiger partial charge in [-0.05, 0) is 62.1 Å². The maximum atomic E-state index is 8.96. The first-order chi connectivity index (χ1) is 15.0. The van der Waals surface area contributed by atoms with Gasteiger partial charge in [0.15, 0.2) is 11.6 Å². The minimum Gasteiger partial charge on any atom is -0.433 e. The summed E-state index contributed by atoms with van der Waals surface area (Å²) in [5.74, 6) is 1.19. The van der Waals surface area contributed by atoms with Crippen LogP contribution in [0, 0.1) is 24.2 Å². The maximum absolute atomic E-state index is 8.96. The second-order valence-corrected chi connectivity index (χ2v) is 8.57. The van der Waals surface area contributed by atoms with Crippen LogP contribution in [0.4, 0.5) is 5.82 Å². The number of rotatable bonds is 4. The second kappa shape index (κ2) is 7.67. The Morgan fingerprint density at radius 1 is 1.26 bits per heavy atom. The Bertz CT molecular complexity index is 1170. The molecule has 1 saturated carbocycles. The number of nitrogens with two attached hydrogens (primary N) is 1. The predicted molar refractivity (Wildman–Crippen MR) is 116 cm³/mol. The molecule has 3 heterocycles.